The van der Waals surface area contributed by atoms with E-state index in [4.69, 9.17) is 5.73 Å². The van der Waals surface area contributed by atoms with Crippen LogP contribution in [0, 0.1) is 6.92 Å². The number of nitrogens with two attached hydrogens (primary N) is 1. The third kappa shape index (κ3) is 3.55. The van der Waals surface area contributed by atoms with Crippen molar-refractivity contribution in [2.75, 3.05) is 11.9 Å². The van der Waals surface area contributed by atoms with Gasteiger partial charge in [0.15, 0.2) is 0 Å². The monoisotopic (exact) mass is 255 g/mol. The van der Waals surface area contributed by atoms with Crippen molar-refractivity contribution >= 4 is 11.5 Å². The van der Waals surface area contributed by atoms with Gasteiger partial charge in [-0.05, 0) is 49.6 Å². The van der Waals surface area contributed by atoms with Crippen molar-refractivity contribution < 1.29 is 0 Å². The number of anilines is 2. The standard InChI is InChI=1S/C16H21N3/c1-12-5-4-6-15(9-12)19(3)16-8-7-14(11-18-16)10-13(2)17/h4-9,11,13H,10,17H2,1-3H3. The Morgan fingerprint density at radius 2 is 2.05 bits per heavy atom. The van der Waals surface area contributed by atoms with E-state index in [1.807, 2.05) is 26.2 Å². The predicted octanol–water partition coefficient (Wildman–Crippen LogP) is 3.05. The van der Waals surface area contributed by atoms with Crippen LogP contribution in [0.1, 0.15) is 18.1 Å². The van der Waals surface area contributed by atoms with Gasteiger partial charge in [-0.25, -0.2) is 4.98 Å². The summed E-state index contributed by atoms with van der Waals surface area (Å²) in [5.74, 6) is 0.944. The average Bonchev–Trinajstić information content (AvgIpc) is 2.38. The SMILES string of the molecule is Cc1cccc(N(C)c2ccc(CC(C)N)cn2)c1. The normalized spacial score (nSPS) is 12.2. The van der Waals surface area contributed by atoms with E-state index in [9.17, 15) is 0 Å². The molecule has 0 aliphatic carbocycles. The Labute approximate surface area is 115 Å². The molecule has 1 aromatic heterocycles. The van der Waals surface area contributed by atoms with Crippen LogP contribution in [-0.2, 0) is 6.42 Å². The molecule has 1 heterocycles. The van der Waals surface area contributed by atoms with Gasteiger partial charge in [0, 0.05) is 25.0 Å². The molecule has 1 unspecified atom stereocenters. The first-order valence-corrected chi connectivity index (χ1v) is 6.57. The van der Waals surface area contributed by atoms with Crippen molar-refractivity contribution in [2.45, 2.75) is 26.3 Å². The number of hydrogen-bond acceptors (Lipinski definition) is 3. The lowest BCUT2D eigenvalue weighted by molar-refractivity contribution is 0.735. The Bertz CT molecular complexity index is 532. The third-order valence-electron chi connectivity index (χ3n) is 3.10. The van der Waals surface area contributed by atoms with Crippen LogP contribution in [-0.4, -0.2) is 18.1 Å². The van der Waals surface area contributed by atoms with Gasteiger partial charge in [0.25, 0.3) is 0 Å². The van der Waals surface area contributed by atoms with Gasteiger partial charge in [0.05, 0.1) is 0 Å². The highest BCUT2D eigenvalue weighted by molar-refractivity contribution is 5.59. The van der Waals surface area contributed by atoms with Gasteiger partial charge >= 0.3 is 0 Å². The Balaban J connectivity index is 2.17. The zero-order valence-electron chi connectivity index (χ0n) is 11.8. The molecule has 2 aromatic rings. The maximum atomic E-state index is 5.79. The number of benzene rings is 1. The molecule has 0 fully saturated rings. The first kappa shape index (κ1) is 13.6. The van der Waals surface area contributed by atoms with Gasteiger partial charge in [-0.15, -0.1) is 0 Å². The van der Waals surface area contributed by atoms with Crippen LogP contribution in [0.5, 0.6) is 0 Å². The van der Waals surface area contributed by atoms with E-state index < -0.39 is 0 Å². The summed E-state index contributed by atoms with van der Waals surface area (Å²) in [4.78, 5) is 6.59. The molecular weight excluding hydrogens is 234 g/mol. The molecule has 2 N–H and O–H groups in total. The van der Waals surface area contributed by atoms with Gasteiger partial charge < -0.3 is 10.6 Å². The lowest BCUT2D eigenvalue weighted by Crippen LogP contribution is -2.18. The van der Waals surface area contributed by atoms with Gasteiger partial charge in [-0.1, -0.05) is 18.2 Å². The summed E-state index contributed by atoms with van der Waals surface area (Å²) < 4.78 is 0. The zero-order chi connectivity index (χ0) is 13.8. The fourth-order valence-electron chi connectivity index (χ4n) is 2.08. The molecule has 0 aliphatic rings. The maximum absolute atomic E-state index is 5.79. The predicted molar refractivity (Wildman–Crippen MR) is 80.8 cm³/mol. The van der Waals surface area contributed by atoms with E-state index in [0.29, 0.717) is 0 Å². The molecule has 3 heteroatoms. The molecule has 0 saturated carbocycles. The number of aryl methyl sites for hydroxylation is 1. The van der Waals surface area contributed by atoms with Crippen LogP contribution in [0.4, 0.5) is 11.5 Å². The van der Waals surface area contributed by atoms with E-state index in [1.165, 1.54) is 11.1 Å². The number of rotatable bonds is 4. The largest absolute Gasteiger partial charge is 0.329 e. The highest BCUT2D eigenvalue weighted by Crippen LogP contribution is 2.22. The summed E-state index contributed by atoms with van der Waals surface area (Å²) in [6, 6.07) is 12.7. The van der Waals surface area contributed by atoms with E-state index in [-0.39, 0.29) is 6.04 Å². The van der Waals surface area contributed by atoms with Crippen molar-refractivity contribution in [1.82, 2.24) is 4.98 Å². The smallest absolute Gasteiger partial charge is 0.132 e. The second-order valence-electron chi connectivity index (χ2n) is 5.10. The van der Waals surface area contributed by atoms with Crippen LogP contribution < -0.4 is 10.6 Å². The molecule has 0 saturated heterocycles. The van der Waals surface area contributed by atoms with Crippen LogP contribution in [0.25, 0.3) is 0 Å². The first-order valence-electron chi connectivity index (χ1n) is 6.57. The van der Waals surface area contributed by atoms with E-state index in [0.717, 1.165) is 17.9 Å². The van der Waals surface area contributed by atoms with Crippen molar-refractivity contribution in [3.05, 3.63) is 53.7 Å². The quantitative estimate of drug-likeness (QED) is 0.913. The van der Waals surface area contributed by atoms with Crippen molar-refractivity contribution in [1.29, 1.82) is 0 Å². The summed E-state index contributed by atoms with van der Waals surface area (Å²) in [5.41, 5.74) is 9.36. The van der Waals surface area contributed by atoms with E-state index in [2.05, 4.69) is 47.1 Å². The van der Waals surface area contributed by atoms with Crippen molar-refractivity contribution in [3.63, 3.8) is 0 Å². The molecule has 0 spiro atoms. The Morgan fingerprint density at radius 1 is 1.26 bits per heavy atom. The summed E-state index contributed by atoms with van der Waals surface area (Å²) in [5, 5.41) is 0. The summed E-state index contributed by atoms with van der Waals surface area (Å²) >= 11 is 0. The molecule has 0 aliphatic heterocycles. The second kappa shape index (κ2) is 5.85. The molecule has 0 bridgehead atoms. The van der Waals surface area contributed by atoms with Crippen molar-refractivity contribution in [3.8, 4) is 0 Å². The highest BCUT2D eigenvalue weighted by atomic mass is 15.2. The van der Waals surface area contributed by atoms with E-state index in [1.54, 1.807) is 0 Å². The lowest BCUT2D eigenvalue weighted by atomic mass is 10.1. The molecule has 2 rings (SSSR count). The minimum absolute atomic E-state index is 0.169. The molecular formula is C16H21N3. The average molecular weight is 255 g/mol. The number of pyridine rings is 1. The number of hydrogen-bond donors (Lipinski definition) is 1. The Hall–Kier alpha value is -1.87. The second-order valence-corrected chi connectivity index (χ2v) is 5.10. The van der Waals surface area contributed by atoms with Crippen LogP contribution in [0.15, 0.2) is 42.6 Å². The highest BCUT2D eigenvalue weighted by Gasteiger charge is 2.06. The minimum Gasteiger partial charge on any atom is -0.329 e. The number of aromatic nitrogens is 1. The zero-order valence-corrected chi connectivity index (χ0v) is 11.8. The third-order valence-corrected chi connectivity index (χ3v) is 3.10. The molecule has 0 amide bonds. The van der Waals surface area contributed by atoms with Gasteiger partial charge in [-0.3, -0.25) is 0 Å². The van der Waals surface area contributed by atoms with Crippen LogP contribution in [0.2, 0.25) is 0 Å². The fourth-order valence-corrected chi connectivity index (χ4v) is 2.08. The summed E-state index contributed by atoms with van der Waals surface area (Å²) in [6.07, 6.45) is 2.77. The molecule has 19 heavy (non-hydrogen) atoms. The molecule has 0 radical (unpaired) electrons. The lowest BCUT2D eigenvalue weighted by Gasteiger charge is -2.19. The molecule has 3 nitrogen and oxygen atoms in total. The maximum Gasteiger partial charge on any atom is 0.132 e. The summed E-state index contributed by atoms with van der Waals surface area (Å²) in [6.45, 7) is 4.10. The van der Waals surface area contributed by atoms with E-state index >= 15 is 0 Å². The van der Waals surface area contributed by atoms with Crippen LogP contribution >= 0.6 is 0 Å². The minimum atomic E-state index is 0.169. The number of nitrogens with zero attached hydrogens (tertiary/aromatic N) is 2. The Morgan fingerprint density at radius 3 is 2.63 bits per heavy atom. The molecule has 100 valence electrons. The molecule has 1 atom stereocenters. The van der Waals surface area contributed by atoms with Gasteiger partial charge in [0.2, 0.25) is 0 Å². The fraction of sp³-hybridized carbons (Fsp3) is 0.312. The van der Waals surface area contributed by atoms with Gasteiger partial charge in [-0.2, -0.15) is 0 Å². The Kier molecular flexibility index (Phi) is 4.17. The molecule has 1 aromatic carbocycles. The van der Waals surface area contributed by atoms with Crippen molar-refractivity contribution in [2.24, 2.45) is 5.73 Å². The topological polar surface area (TPSA) is 42.1 Å². The first-order chi connectivity index (χ1) is 9.06. The summed E-state index contributed by atoms with van der Waals surface area (Å²) in [7, 11) is 2.03. The van der Waals surface area contributed by atoms with Crippen LogP contribution in [0.3, 0.4) is 0 Å². The van der Waals surface area contributed by atoms with Gasteiger partial charge in [0.1, 0.15) is 5.82 Å².